The highest BCUT2D eigenvalue weighted by Crippen LogP contribution is 2.47. The number of rotatable bonds is 6. The van der Waals surface area contributed by atoms with Crippen LogP contribution in [0.5, 0.6) is 0 Å². The van der Waals surface area contributed by atoms with Crippen LogP contribution in [0.25, 0.3) is 0 Å². The first-order valence-corrected chi connectivity index (χ1v) is 8.95. The molecule has 0 radical (unpaired) electrons. The van der Waals surface area contributed by atoms with Crippen molar-refractivity contribution in [2.24, 2.45) is 17.1 Å². The van der Waals surface area contributed by atoms with Crippen molar-refractivity contribution < 1.29 is 9.90 Å². The normalized spacial score (nSPS) is 24.6. The molecule has 0 aliphatic heterocycles. The first-order valence-electron chi connectivity index (χ1n) is 8.95. The zero-order valence-electron chi connectivity index (χ0n) is 14.6. The Hall–Kier alpha value is -1.69. The number of carbonyl (C=O) groups is 1. The van der Waals surface area contributed by atoms with Crippen LogP contribution in [0.3, 0.4) is 0 Å². The molecule has 2 fully saturated rings. The van der Waals surface area contributed by atoms with Crippen molar-refractivity contribution in [3.05, 3.63) is 17.5 Å². The third kappa shape index (κ3) is 4.04. The maximum Gasteiger partial charge on any atom is 0.252 e. The van der Waals surface area contributed by atoms with Gasteiger partial charge in [0.05, 0.1) is 17.4 Å². The van der Waals surface area contributed by atoms with Gasteiger partial charge in [-0.05, 0) is 56.3 Å². The van der Waals surface area contributed by atoms with Gasteiger partial charge >= 0.3 is 0 Å². The number of carbonyl (C=O) groups excluding carboxylic acids is 1. The Balaban J connectivity index is 1.78. The fraction of sp³-hybridized carbons (Fsp3) is 0.722. The summed E-state index contributed by atoms with van der Waals surface area (Å²) in [4.78, 5) is 20.6. The maximum absolute atomic E-state index is 11.7. The van der Waals surface area contributed by atoms with E-state index in [4.69, 9.17) is 5.73 Å². The van der Waals surface area contributed by atoms with E-state index in [0.717, 1.165) is 31.4 Å². The van der Waals surface area contributed by atoms with Crippen molar-refractivity contribution >= 4 is 11.9 Å². The molecule has 2 aliphatic rings. The lowest BCUT2D eigenvalue weighted by molar-refractivity contribution is 0.0998. The molecule has 2 saturated carbocycles. The Kier molecular flexibility index (Phi) is 4.76. The van der Waals surface area contributed by atoms with Crippen LogP contribution in [0.4, 0.5) is 5.95 Å². The zero-order valence-corrected chi connectivity index (χ0v) is 14.6. The van der Waals surface area contributed by atoms with Crippen LogP contribution >= 0.6 is 0 Å². The number of anilines is 1. The number of nitrogens with two attached hydrogens (primary N) is 1. The molecular formula is C18H28N4O2. The van der Waals surface area contributed by atoms with Crippen molar-refractivity contribution in [3.63, 3.8) is 0 Å². The van der Waals surface area contributed by atoms with E-state index < -0.39 is 5.91 Å². The third-order valence-electron chi connectivity index (χ3n) is 5.42. The number of hydrogen-bond acceptors (Lipinski definition) is 5. The first kappa shape index (κ1) is 17.1. The lowest BCUT2D eigenvalue weighted by atomic mass is 9.82. The third-order valence-corrected chi connectivity index (χ3v) is 5.42. The van der Waals surface area contributed by atoms with Crippen molar-refractivity contribution in [2.75, 3.05) is 5.32 Å². The van der Waals surface area contributed by atoms with E-state index >= 15 is 0 Å². The standard InChI is InChI=1S/C18H28N4O2/c1-18(2,11-6-7-11)9-15-14(16(19)24)10-20-17(22-15)21-12-4-3-5-13(23)8-12/h10-13,23H,3-9H2,1-2H3,(H2,19,24)(H,20,21,22)/t12-,13-/m1/s1. The van der Waals surface area contributed by atoms with Crippen molar-refractivity contribution in [3.8, 4) is 0 Å². The van der Waals surface area contributed by atoms with E-state index in [9.17, 15) is 9.90 Å². The summed E-state index contributed by atoms with van der Waals surface area (Å²) in [5, 5.41) is 13.1. The average Bonchev–Trinajstić information content (AvgIpc) is 3.31. The van der Waals surface area contributed by atoms with E-state index in [0.29, 0.717) is 23.9 Å². The molecule has 0 saturated heterocycles. The number of aliphatic hydroxyl groups excluding tert-OH is 1. The molecule has 4 N–H and O–H groups in total. The zero-order chi connectivity index (χ0) is 17.3. The number of primary amides is 1. The van der Waals surface area contributed by atoms with Gasteiger partial charge in [-0.2, -0.15) is 0 Å². The van der Waals surface area contributed by atoms with E-state index in [-0.39, 0.29) is 17.6 Å². The second kappa shape index (κ2) is 6.67. The van der Waals surface area contributed by atoms with Crippen LogP contribution in [0.2, 0.25) is 0 Å². The highest BCUT2D eigenvalue weighted by atomic mass is 16.3. The quantitative estimate of drug-likeness (QED) is 0.742. The highest BCUT2D eigenvalue weighted by Gasteiger charge is 2.38. The SMILES string of the molecule is CC(C)(Cc1nc(N[C@@H]2CCC[C@@H](O)C2)ncc1C(N)=O)C1CC1. The summed E-state index contributed by atoms with van der Waals surface area (Å²) in [6.45, 7) is 4.45. The number of nitrogens with one attached hydrogen (secondary N) is 1. The largest absolute Gasteiger partial charge is 0.393 e. The molecule has 1 amide bonds. The van der Waals surface area contributed by atoms with Gasteiger partial charge in [-0.15, -0.1) is 0 Å². The van der Waals surface area contributed by atoms with Gasteiger partial charge in [-0.1, -0.05) is 13.8 Å². The van der Waals surface area contributed by atoms with Gasteiger partial charge in [0.15, 0.2) is 0 Å². The summed E-state index contributed by atoms with van der Waals surface area (Å²) >= 11 is 0. The summed E-state index contributed by atoms with van der Waals surface area (Å²) in [6.07, 6.45) is 8.07. The molecule has 3 rings (SSSR count). The molecule has 0 spiro atoms. The van der Waals surface area contributed by atoms with Crippen molar-refractivity contribution in [2.45, 2.75) is 70.9 Å². The van der Waals surface area contributed by atoms with Gasteiger partial charge < -0.3 is 16.2 Å². The first-order chi connectivity index (χ1) is 11.3. The number of hydrogen-bond donors (Lipinski definition) is 3. The fourth-order valence-electron chi connectivity index (χ4n) is 3.75. The van der Waals surface area contributed by atoms with Crippen LogP contribution in [0.15, 0.2) is 6.20 Å². The smallest absolute Gasteiger partial charge is 0.252 e. The Bertz CT molecular complexity index is 613. The van der Waals surface area contributed by atoms with Crippen LogP contribution in [-0.4, -0.2) is 33.1 Å². The molecule has 1 aromatic rings. The van der Waals surface area contributed by atoms with Gasteiger partial charge in [-0.25, -0.2) is 9.97 Å². The lowest BCUT2D eigenvalue weighted by Gasteiger charge is -2.27. The van der Waals surface area contributed by atoms with Crippen LogP contribution in [0.1, 0.15) is 68.4 Å². The molecule has 6 heteroatoms. The van der Waals surface area contributed by atoms with E-state index in [1.807, 2.05) is 0 Å². The molecule has 132 valence electrons. The lowest BCUT2D eigenvalue weighted by Crippen LogP contribution is -2.31. The molecule has 6 nitrogen and oxygen atoms in total. The summed E-state index contributed by atoms with van der Waals surface area (Å²) in [5.74, 6) is 0.745. The van der Waals surface area contributed by atoms with Gasteiger partial charge in [0, 0.05) is 12.2 Å². The van der Waals surface area contributed by atoms with E-state index in [2.05, 4.69) is 29.1 Å². The van der Waals surface area contributed by atoms with Crippen molar-refractivity contribution in [1.82, 2.24) is 9.97 Å². The van der Waals surface area contributed by atoms with Crippen LogP contribution in [0, 0.1) is 11.3 Å². The molecule has 0 unspecified atom stereocenters. The van der Waals surface area contributed by atoms with Crippen LogP contribution in [-0.2, 0) is 6.42 Å². The van der Waals surface area contributed by atoms with Gasteiger partial charge in [0.25, 0.3) is 5.91 Å². The van der Waals surface area contributed by atoms with Gasteiger partial charge in [0.2, 0.25) is 5.95 Å². The minimum absolute atomic E-state index is 0.108. The monoisotopic (exact) mass is 332 g/mol. The summed E-state index contributed by atoms with van der Waals surface area (Å²) in [6, 6.07) is 0.178. The molecule has 0 bridgehead atoms. The summed E-state index contributed by atoms with van der Waals surface area (Å²) < 4.78 is 0. The highest BCUT2D eigenvalue weighted by molar-refractivity contribution is 5.93. The molecule has 0 aromatic carbocycles. The minimum atomic E-state index is -0.476. The number of amides is 1. The van der Waals surface area contributed by atoms with E-state index in [1.165, 1.54) is 19.0 Å². The average molecular weight is 332 g/mol. The number of aromatic nitrogens is 2. The molecule has 1 aromatic heterocycles. The molecule has 1 heterocycles. The van der Waals surface area contributed by atoms with E-state index in [1.54, 1.807) is 0 Å². The Morgan fingerprint density at radius 2 is 2.12 bits per heavy atom. The Morgan fingerprint density at radius 1 is 1.38 bits per heavy atom. The van der Waals surface area contributed by atoms with Gasteiger partial charge in [0.1, 0.15) is 0 Å². The molecular weight excluding hydrogens is 304 g/mol. The summed E-state index contributed by atoms with van der Waals surface area (Å²) in [7, 11) is 0. The Morgan fingerprint density at radius 3 is 2.75 bits per heavy atom. The topological polar surface area (TPSA) is 101 Å². The second-order valence-corrected chi connectivity index (χ2v) is 8.02. The molecule has 24 heavy (non-hydrogen) atoms. The predicted octanol–water partition coefficient (Wildman–Crippen LogP) is 2.27. The molecule has 2 aliphatic carbocycles. The fourth-order valence-corrected chi connectivity index (χ4v) is 3.75. The van der Waals surface area contributed by atoms with Crippen LogP contribution < -0.4 is 11.1 Å². The summed E-state index contributed by atoms with van der Waals surface area (Å²) in [5.41, 5.74) is 6.76. The number of nitrogens with zero attached hydrogens (tertiary/aromatic N) is 2. The predicted molar refractivity (Wildman–Crippen MR) is 92.6 cm³/mol. The second-order valence-electron chi connectivity index (χ2n) is 8.02. The molecule has 2 atom stereocenters. The minimum Gasteiger partial charge on any atom is -0.393 e. The Labute approximate surface area is 143 Å². The van der Waals surface area contributed by atoms with Crippen molar-refractivity contribution in [1.29, 1.82) is 0 Å². The maximum atomic E-state index is 11.7. The number of aliphatic hydroxyl groups is 1. The van der Waals surface area contributed by atoms with Gasteiger partial charge in [-0.3, -0.25) is 4.79 Å².